The Kier molecular flexibility index (Phi) is 7.71. The highest BCUT2D eigenvalue weighted by Crippen LogP contribution is 2.24. The Morgan fingerprint density at radius 1 is 1.36 bits per heavy atom. The van der Waals surface area contributed by atoms with Crippen LogP contribution in [0.4, 0.5) is 0 Å². The van der Waals surface area contributed by atoms with E-state index in [9.17, 15) is 9.90 Å². The molecular formula is C18H30N4O2S. The van der Waals surface area contributed by atoms with E-state index in [1.54, 1.807) is 6.92 Å². The Balaban J connectivity index is 1.83. The van der Waals surface area contributed by atoms with Gasteiger partial charge in [0, 0.05) is 17.5 Å². The summed E-state index contributed by atoms with van der Waals surface area (Å²) in [6.45, 7) is 4.84. The number of hydrogen-bond acceptors (Lipinski definition) is 4. The van der Waals surface area contributed by atoms with Crippen LogP contribution in [0.2, 0.25) is 0 Å². The van der Waals surface area contributed by atoms with E-state index in [0.29, 0.717) is 25.1 Å². The highest BCUT2D eigenvalue weighted by atomic mass is 32.1. The molecule has 1 atom stereocenters. The molecule has 1 aliphatic carbocycles. The van der Waals surface area contributed by atoms with Gasteiger partial charge in [0.15, 0.2) is 5.96 Å². The van der Waals surface area contributed by atoms with Crippen LogP contribution in [0.5, 0.6) is 0 Å². The van der Waals surface area contributed by atoms with Gasteiger partial charge < -0.3 is 21.1 Å². The third-order valence-electron chi connectivity index (χ3n) is 4.35. The van der Waals surface area contributed by atoms with Gasteiger partial charge in [0.1, 0.15) is 12.1 Å². The molecule has 4 N–H and O–H groups in total. The number of aliphatic hydroxyl groups is 1. The number of hydrogen-bond donors (Lipinski definition) is 4. The second kappa shape index (κ2) is 9.77. The maximum absolute atomic E-state index is 12.1. The largest absolute Gasteiger partial charge is 0.383 e. The van der Waals surface area contributed by atoms with Crippen molar-refractivity contribution in [2.45, 2.75) is 57.6 Å². The summed E-state index contributed by atoms with van der Waals surface area (Å²) < 4.78 is 0. The molecule has 1 saturated carbocycles. The zero-order chi connectivity index (χ0) is 18.1. The van der Waals surface area contributed by atoms with Crippen LogP contribution in [0.15, 0.2) is 22.5 Å². The second-order valence-corrected chi connectivity index (χ2v) is 7.65. The van der Waals surface area contributed by atoms with E-state index in [4.69, 9.17) is 0 Å². The highest BCUT2D eigenvalue weighted by molar-refractivity contribution is 7.10. The number of guanidine groups is 1. The van der Waals surface area contributed by atoms with Crippen molar-refractivity contribution < 1.29 is 9.90 Å². The molecule has 2 rings (SSSR count). The van der Waals surface area contributed by atoms with Gasteiger partial charge in [-0.3, -0.25) is 4.79 Å². The summed E-state index contributed by atoms with van der Waals surface area (Å²) in [5.41, 5.74) is -0.977. The van der Waals surface area contributed by atoms with Crippen molar-refractivity contribution >= 4 is 23.2 Å². The van der Waals surface area contributed by atoms with Crippen LogP contribution in [0.3, 0.4) is 0 Å². The van der Waals surface area contributed by atoms with Gasteiger partial charge in [0.05, 0.1) is 6.54 Å². The van der Waals surface area contributed by atoms with E-state index in [-0.39, 0.29) is 12.5 Å². The molecule has 1 heterocycles. The molecule has 0 saturated heterocycles. The van der Waals surface area contributed by atoms with Crippen LogP contribution < -0.4 is 16.0 Å². The molecule has 1 amide bonds. The first-order valence-electron chi connectivity index (χ1n) is 9.09. The summed E-state index contributed by atoms with van der Waals surface area (Å²) >= 11 is 1.52. The molecule has 6 nitrogen and oxygen atoms in total. The number of nitrogens with one attached hydrogen (secondary N) is 3. The average Bonchev–Trinajstić information content (AvgIpc) is 3.14. The van der Waals surface area contributed by atoms with Gasteiger partial charge in [0.25, 0.3) is 0 Å². The summed E-state index contributed by atoms with van der Waals surface area (Å²) in [6.07, 6.45) is 5.78. The second-order valence-electron chi connectivity index (χ2n) is 6.70. The van der Waals surface area contributed by atoms with Gasteiger partial charge in [-0.25, -0.2) is 4.99 Å². The molecule has 1 aromatic rings. The fourth-order valence-electron chi connectivity index (χ4n) is 2.94. The van der Waals surface area contributed by atoms with Crippen LogP contribution >= 0.6 is 11.3 Å². The van der Waals surface area contributed by atoms with Crippen LogP contribution in [0.1, 0.15) is 50.8 Å². The number of aliphatic imine (C=N–C) groups is 1. The van der Waals surface area contributed by atoms with Crippen molar-refractivity contribution in [3.63, 3.8) is 0 Å². The predicted molar refractivity (Wildman–Crippen MR) is 103 cm³/mol. The third kappa shape index (κ3) is 6.66. The zero-order valence-corrected chi connectivity index (χ0v) is 16.0. The lowest BCUT2D eigenvalue weighted by Crippen LogP contribution is -2.45. The molecule has 1 unspecified atom stereocenters. The molecule has 1 aliphatic rings. The van der Waals surface area contributed by atoms with E-state index in [2.05, 4.69) is 20.9 Å². The molecule has 0 spiro atoms. The Bertz CT molecular complexity index is 551. The van der Waals surface area contributed by atoms with Gasteiger partial charge in [-0.2, -0.15) is 0 Å². The van der Waals surface area contributed by atoms with Crippen LogP contribution in [-0.4, -0.2) is 42.6 Å². The number of nitrogens with zero attached hydrogens (tertiary/aromatic N) is 1. The van der Waals surface area contributed by atoms with E-state index >= 15 is 0 Å². The minimum absolute atomic E-state index is 0.0471. The van der Waals surface area contributed by atoms with Crippen LogP contribution in [0, 0.1) is 0 Å². The van der Waals surface area contributed by atoms with Gasteiger partial charge in [-0.1, -0.05) is 25.3 Å². The average molecular weight is 367 g/mol. The van der Waals surface area contributed by atoms with Crippen molar-refractivity contribution in [2.24, 2.45) is 4.99 Å². The number of carbonyl (C=O) groups excluding carboxylic acids is 1. The Morgan fingerprint density at radius 2 is 2.12 bits per heavy atom. The molecule has 25 heavy (non-hydrogen) atoms. The molecule has 0 aromatic carbocycles. The standard InChI is InChI=1S/C18H30N4O2S/c1-3-19-17(21-13-18(2,24)15-10-7-11-25-15)20-12-16(23)22-14-8-5-4-6-9-14/h7,10-11,14,24H,3-6,8-9,12-13H2,1-2H3,(H,22,23)(H2,19,20,21). The Hall–Kier alpha value is -1.60. The van der Waals surface area contributed by atoms with E-state index in [1.807, 2.05) is 24.4 Å². The molecule has 0 bridgehead atoms. The van der Waals surface area contributed by atoms with Crippen molar-refractivity contribution in [1.82, 2.24) is 16.0 Å². The number of carbonyl (C=O) groups is 1. The lowest BCUT2D eigenvalue weighted by atomic mass is 9.95. The van der Waals surface area contributed by atoms with Gasteiger partial charge >= 0.3 is 0 Å². The monoisotopic (exact) mass is 366 g/mol. The normalized spacial score (nSPS) is 18.4. The summed E-state index contributed by atoms with van der Waals surface area (Å²) in [5.74, 6) is 0.493. The minimum Gasteiger partial charge on any atom is -0.383 e. The van der Waals surface area contributed by atoms with Crippen molar-refractivity contribution in [2.75, 3.05) is 19.6 Å². The Labute approximate surface area is 154 Å². The zero-order valence-electron chi connectivity index (χ0n) is 15.2. The van der Waals surface area contributed by atoms with Crippen molar-refractivity contribution in [3.05, 3.63) is 22.4 Å². The Morgan fingerprint density at radius 3 is 2.76 bits per heavy atom. The van der Waals surface area contributed by atoms with Crippen LogP contribution in [-0.2, 0) is 10.4 Å². The van der Waals surface area contributed by atoms with Crippen LogP contribution in [0.25, 0.3) is 0 Å². The van der Waals surface area contributed by atoms with Gasteiger partial charge in [-0.15, -0.1) is 11.3 Å². The minimum atomic E-state index is -0.977. The van der Waals surface area contributed by atoms with E-state index < -0.39 is 5.60 Å². The fraction of sp³-hybridized carbons (Fsp3) is 0.667. The van der Waals surface area contributed by atoms with Crippen molar-refractivity contribution in [1.29, 1.82) is 0 Å². The van der Waals surface area contributed by atoms with E-state index in [1.165, 1.54) is 30.6 Å². The van der Waals surface area contributed by atoms with E-state index in [0.717, 1.165) is 17.7 Å². The number of amides is 1. The molecule has 0 radical (unpaired) electrons. The number of rotatable bonds is 7. The first kappa shape index (κ1) is 19.7. The lowest BCUT2D eigenvalue weighted by molar-refractivity contribution is -0.120. The third-order valence-corrected chi connectivity index (χ3v) is 5.47. The number of thiophene rings is 1. The fourth-order valence-corrected chi connectivity index (χ4v) is 3.73. The SMILES string of the molecule is CCNC(=NCC(=O)NC1CCCCC1)NCC(C)(O)c1cccs1. The summed E-state index contributed by atoms with van der Waals surface area (Å²) in [7, 11) is 0. The molecule has 0 aliphatic heterocycles. The maximum atomic E-state index is 12.1. The molecule has 7 heteroatoms. The maximum Gasteiger partial charge on any atom is 0.242 e. The van der Waals surface area contributed by atoms with Crippen molar-refractivity contribution in [3.8, 4) is 0 Å². The van der Waals surface area contributed by atoms with Gasteiger partial charge in [-0.05, 0) is 38.1 Å². The summed E-state index contributed by atoms with van der Waals surface area (Å²) in [5, 5.41) is 21.8. The predicted octanol–water partition coefficient (Wildman–Crippen LogP) is 1.96. The lowest BCUT2D eigenvalue weighted by Gasteiger charge is -2.24. The van der Waals surface area contributed by atoms with Gasteiger partial charge in [0.2, 0.25) is 5.91 Å². The summed E-state index contributed by atoms with van der Waals surface area (Å²) in [4.78, 5) is 17.3. The molecule has 1 fully saturated rings. The quantitative estimate of drug-likeness (QED) is 0.439. The molecule has 140 valence electrons. The smallest absolute Gasteiger partial charge is 0.242 e. The highest BCUT2D eigenvalue weighted by Gasteiger charge is 2.24. The topological polar surface area (TPSA) is 85.8 Å². The first-order valence-corrected chi connectivity index (χ1v) is 9.97. The molecular weight excluding hydrogens is 336 g/mol. The summed E-state index contributed by atoms with van der Waals surface area (Å²) in [6, 6.07) is 4.13. The first-order chi connectivity index (χ1) is 12.0. The molecule has 1 aromatic heterocycles.